The van der Waals surface area contributed by atoms with Crippen molar-refractivity contribution in [3.05, 3.63) is 71.8 Å². The van der Waals surface area contributed by atoms with E-state index in [0.717, 1.165) is 33.9 Å². The standard InChI is InChI=1S/C18H16N4O/c1-23-15-9-14-18(22-13-7-3-2-6-12(13)21-14)17(19)16(15)11-5-4-8-20-10-11/h2-10,15,21H,19H2,1H3. The molecule has 5 nitrogen and oxygen atoms in total. The predicted octanol–water partition coefficient (Wildman–Crippen LogP) is 2.86. The van der Waals surface area contributed by atoms with Crippen LogP contribution in [0.1, 0.15) is 5.56 Å². The summed E-state index contributed by atoms with van der Waals surface area (Å²) in [5.74, 6) is 0. The van der Waals surface area contributed by atoms with Gasteiger partial charge < -0.3 is 15.8 Å². The van der Waals surface area contributed by atoms with Gasteiger partial charge in [0.1, 0.15) is 11.8 Å². The largest absolute Gasteiger partial charge is 0.397 e. The SMILES string of the molecule is COC1C=C2Nc3ccccc3N=C2C(N)=C1c1cccnc1. The maximum atomic E-state index is 6.45. The zero-order valence-corrected chi connectivity index (χ0v) is 12.7. The Hall–Kier alpha value is -2.92. The minimum absolute atomic E-state index is 0.245. The van der Waals surface area contributed by atoms with Crippen molar-refractivity contribution in [1.82, 2.24) is 4.98 Å². The Morgan fingerprint density at radius 1 is 1.17 bits per heavy atom. The van der Waals surface area contributed by atoms with Crippen LogP contribution in [0.5, 0.6) is 0 Å². The first-order valence-electron chi connectivity index (χ1n) is 7.38. The fourth-order valence-electron chi connectivity index (χ4n) is 2.93. The summed E-state index contributed by atoms with van der Waals surface area (Å²) in [6, 6.07) is 11.8. The number of hydrogen-bond acceptors (Lipinski definition) is 5. The van der Waals surface area contributed by atoms with Gasteiger partial charge in [0.05, 0.1) is 22.8 Å². The van der Waals surface area contributed by atoms with Crippen LogP contribution in [0.25, 0.3) is 5.57 Å². The Bertz CT molecular complexity index is 852. The minimum atomic E-state index is -0.245. The van der Waals surface area contributed by atoms with Gasteiger partial charge in [0.2, 0.25) is 0 Å². The van der Waals surface area contributed by atoms with Crippen molar-refractivity contribution in [2.24, 2.45) is 10.7 Å². The van der Waals surface area contributed by atoms with E-state index in [-0.39, 0.29) is 6.10 Å². The molecule has 2 aromatic rings. The number of benzene rings is 1. The Balaban J connectivity index is 1.90. The van der Waals surface area contributed by atoms with Crippen molar-refractivity contribution in [2.45, 2.75) is 6.10 Å². The first kappa shape index (κ1) is 13.7. The first-order valence-corrected chi connectivity index (χ1v) is 7.38. The molecule has 1 aromatic carbocycles. The fourth-order valence-corrected chi connectivity index (χ4v) is 2.93. The molecule has 5 heteroatoms. The van der Waals surface area contributed by atoms with Gasteiger partial charge in [-0.2, -0.15) is 0 Å². The van der Waals surface area contributed by atoms with E-state index < -0.39 is 0 Å². The summed E-state index contributed by atoms with van der Waals surface area (Å²) < 4.78 is 5.63. The molecule has 2 heterocycles. The second-order valence-electron chi connectivity index (χ2n) is 5.41. The zero-order valence-electron chi connectivity index (χ0n) is 12.7. The van der Waals surface area contributed by atoms with E-state index in [1.807, 2.05) is 42.5 Å². The average molecular weight is 304 g/mol. The van der Waals surface area contributed by atoms with E-state index in [0.29, 0.717) is 5.70 Å². The number of aliphatic imine (C=N–C) groups is 1. The number of para-hydroxylation sites is 2. The lowest BCUT2D eigenvalue weighted by atomic mass is 9.90. The van der Waals surface area contributed by atoms with Gasteiger partial charge in [-0.25, -0.2) is 4.99 Å². The molecule has 3 N–H and O–H groups in total. The molecular formula is C18H16N4O. The smallest absolute Gasteiger partial charge is 0.110 e. The van der Waals surface area contributed by atoms with Gasteiger partial charge in [0.15, 0.2) is 0 Å². The molecule has 0 saturated carbocycles. The molecule has 1 aliphatic heterocycles. The van der Waals surface area contributed by atoms with Crippen LogP contribution < -0.4 is 11.1 Å². The number of hydrogen-bond donors (Lipinski definition) is 2. The monoisotopic (exact) mass is 304 g/mol. The maximum Gasteiger partial charge on any atom is 0.110 e. The number of nitrogens with one attached hydrogen (secondary N) is 1. The second kappa shape index (κ2) is 5.37. The molecular weight excluding hydrogens is 288 g/mol. The number of pyridine rings is 1. The molecule has 0 spiro atoms. The highest BCUT2D eigenvalue weighted by Gasteiger charge is 2.30. The summed E-state index contributed by atoms with van der Waals surface area (Å²) >= 11 is 0. The van der Waals surface area contributed by atoms with Crippen LogP contribution in [-0.2, 0) is 4.74 Å². The number of nitrogens with two attached hydrogens (primary N) is 1. The quantitative estimate of drug-likeness (QED) is 0.895. The van der Waals surface area contributed by atoms with Crippen LogP contribution in [0.15, 0.2) is 71.3 Å². The van der Waals surface area contributed by atoms with Gasteiger partial charge in [-0.3, -0.25) is 4.98 Å². The van der Waals surface area contributed by atoms with Crippen LogP contribution in [-0.4, -0.2) is 23.9 Å². The number of anilines is 1. The van der Waals surface area contributed by atoms with Crippen LogP contribution in [0.2, 0.25) is 0 Å². The fraction of sp³-hybridized carbons (Fsp3) is 0.111. The number of methoxy groups -OCH3 is 1. The van der Waals surface area contributed by atoms with Gasteiger partial charge in [0, 0.05) is 30.6 Å². The molecule has 0 amide bonds. The Morgan fingerprint density at radius 2 is 2.04 bits per heavy atom. The van der Waals surface area contributed by atoms with Crippen LogP contribution >= 0.6 is 0 Å². The number of rotatable bonds is 2. The van der Waals surface area contributed by atoms with E-state index in [9.17, 15) is 0 Å². The first-order chi connectivity index (χ1) is 11.3. The van der Waals surface area contributed by atoms with E-state index in [1.165, 1.54) is 0 Å². The summed E-state index contributed by atoms with van der Waals surface area (Å²) in [5.41, 5.74) is 12.4. The molecule has 0 radical (unpaired) electrons. The molecule has 1 aromatic heterocycles. The number of fused-ring (bicyclic) bond motifs is 2. The minimum Gasteiger partial charge on any atom is -0.397 e. The average Bonchev–Trinajstić information content (AvgIpc) is 2.61. The van der Waals surface area contributed by atoms with E-state index in [1.54, 1.807) is 19.5 Å². The lowest BCUT2D eigenvalue weighted by Crippen LogP contribution is -2.31. The van der Waals surface area contributed by atoms with Crippen molar-refractivity contribution in [3.63, 3.8) is 0 Å². The lowest BCUT2D eigenvalue weighted by molar-refractivity contribution is 0.183. The predicted molar refractivity (Wildman–Crippen MR) is 91.4 cm³/mol. The maximum absolute atomic E-state index is 6.45. The highest BCUT2D eigenvalue weighted by molar-refractivity contribution is 6.21. The van der Waals surface area contributed by atoms with Crippen LogP contribution in [0.3, 0.4) is 0 Å². The third-order valence-corrected chi connectivity index (χ3v) is 4.04. The Labute approximate surface area is 134 Å². The Kier molecular flexibility index (Phi) is 3.20. The summed E-state index contributed by atoms with van der Waals surface area (Å²) in [7, 11) is 1.67. The third-order valence-electron chi connectivity index (χ3n) is 4.04. The van der Waals surface area contributed by atoms with Crippen molar-refractivity contribution in [2.75, 3.05) is 12.4 Å². The van der Waals surface area contributed by atoms with Crippen molar-refractivity contribution in [3.8, 4) is 0 Å². The van der Waals surface area contributed by atoms with Gasteiger partial charge in [0.25, 0.3) is 0 Å². The van der Waals surface area contributed by atoms with E-state index in [4.69, 9.17) is 15.5 Å². The lowest BCUT2D eigenvalue weighted by Gasteiger charge is -2.29. The number of aromatic nitrogens is 1. The molecule has 1 unspecified atom stereocenters. The van der Waals surface area contributed by atoms with Crippen LogP contribution in [0.4, 0.5) is 11.4 Å². The van der Waals surface area contributed by atoms with Gasteiger partial charge >= 0.3 is 0 Å². The molecule has 114 valence electrons. The summed E-state index contributed by atoms with van der Waals surface area (Å²) in [6.07, 6.45) is 5.29. The van der Waals surface area contributed by atoms with E-state index in [2.05, 4.69) is 10.3 Å². The Morgan fingerprint density at radius 3 is 2.83 bits per heavy atom. The molecule has 1 atom stereocenters. The molecule has 2 aliphatic rings. The van der Waals surface area contributed by atoms with Crippen molar-refractivity contribution >= 4 is 22.7 Å². The van der Waals surface area contributed by atoms with Gasteiger partial charge in [-0.15, -0.1) is 0 Å². The molecule has 23 heavy (non-hydrogen) atoms. The third kappa shape index (κ3) is 2.22. The van der Waals surface area contributed by atoms with Crippen LogP contribution in [0, 0.1) is 0 Å². The van der Waals surface area contributed by atoms with Gasteiger partial charge in [-0.1, -0.05) is 18.2 Å². The molecule has 4 rings (SSSR count). The zero-order chi connectivity index (χ0) is 15.8. The number of nitrogens with zero attached hydrogens (tertiary/aromatic N) is 2. The summed E-state index contributed by atoms with van der Waals surface area (Å²) in [4.78, 5) is 8.90. The highest BCUT2D eigenvalue weighted by Crippen LogP contribution is 2.37. The number of ether oxygens (including phenoxy) is 1. The van der Waals surface area contributed by atoms with Gasteiger partial charge in [-0.05, 0) is 24.3 Å². The topological polar surface area (TPSA) is 72.5 Å². The molecule has 0 bridgehead atoms. The molecule has 0 fully saturated rings. The summed E-state index contributed by atoms with van der Waals surface area (Å²) in [6.45, 7) is 0. The second-order valence-corrected chi connectivity index (χ2v) is 5.41. The normalized spacial score (nSPS) is 19.3. The van der Waals surface area contributed by atoms with E-state index >= 15 is 0 Å². The highest BCUT2D eigenvalue weighted by atomic mass is 16.5. The van der Waals surface area contributed by atoms with Crippen molar-refractivity contribution < 1.29 is 4.74 Å². The molecule has 0 saturated heterocycles. The van der Waals surface area contributed by atoms with Crippen molar-refractivity contribution in [1.29, 1.82) is 0 Å². The summed E-state index contributed by atoms with van der Waals surface area (Å²) in [5, 5.41) is 3.39. The molecule has 1 aliphatic carbocycles.